The minimum absolute atomic E-state index is 0.347. The molecule has 0 fully saturated rings. The van der Waals surface area contributed by atoms with Gasteiger partial charge >= 0.3 is 0 Å². The fraction of sp³-hybridized carbons (Fsp3) is 0.571. The van der Waals surface area contributed by atoms with Crippen molar-refractivity contribution in [1.82, 2.24) is 0 Å². The molecular weight excluding hydrogens is 216 g/mol. The Morgan fingerprint density at radius 1 is 0.824 bits per heavy atom. The summed E-state index contributed by atoms with van der Waals surface area (Å²) in [6.07, 6.45) is 11.2. The van der Waals surface area contributed by atoms with Crippen molar-refractivity contribution in [1.29, 1.82) is 0 Å². The summed E-state index contributed by atoms with van der Waals surface area (Å²) in [4.78, 5) is 0. The van der Waals surface area contributed by atoms with E-state index in [1.54, 1.807) is 6.08 Å². The molecule has 0 aromatic carbocycles. The van der Waals surface area contributed by atoms with Gasteiger partial charge in [-0.05, 0) is 31.1 Å². The minimum atomic E-state index is -0.886. The van der Waals surface area contributed by atoms with E-state index in [2.05, 4.69) is 12.2 Å². The first-order chi connectivity index (χ1) is 8.16. The van der Waals surface area contributed by atoms with Gasteiger partial charge in [-0.1, -0.05) is 36.5 Å². The van der Waals surface area contributed by atoms with Crippen LogP contribution in [0.1, 0.15) is 19.3 Å². The van der Waals surface area contributed by atoms with Crippen LogP contribution in [-0.2, 0) is 0 Å². The number of aliphatic hydroxyl groups excluding tert-OH is 3. The van der Waals surface area contributed by atoms with Gasteiger partial charge in [-0.25, -0.2) is 0 Å². The first-order valence-electron chi connectivity index (χ1n) is 6.22. The molecule has 5 unspecified atom stereocenters. The van der Waals surface area contributed by atoms with Crippen molar-refractivity contribution in [3.8, 4) is 0 Å². The van der Waals surface area contributed by atoms with Crippen molar-refractivity contribution in [2.45, 2.75) is 37.6 Å². The van der Waals surface area contributed by atoms with E-state index in [-0.39, 0.29) is 0 Å². The van der Waals surface area contributed by atoms with Gasteiger partial charge in [0.15, 0.2) is 0 Å². The van der Waals surface area contributed by atoms with E-state index in [9.17, 15) is 15.3 Å². The Hall–Kier alpha value is -0.900. The molecule has 0 heterocycles. The lowest BCUT2D eigenvalue weighted by molar-refractivity contribution is 0.0263. The van der Waals surface area contributed by atoms with Gasteiger partial charge in [0, 0.05) is 0 Å². The first-order valence-corrected chi connectivity index (χ1v) is 6.22. The zero-order chi connectivity index (χ0) is 12.3. The SMILES string of the molecule is OC1/C=C\C(O)C(O)CC2CC=CCC2/C=C\1. The zero-order valence-corrected chi connectivity index (χ0v) is 9.81. The molecule has 3 nitrogen and oxygen atoms in total. The van der Waals surface area contributed by atoms with Crippen molar-refractivity contribution in [2.75, 3.05) is 0 Å². The predicted molar refractivity (Wildman–Crippen MR) is 66.3 cm³/mol. The van der Waals surface area contributed by atoms with E-state index in [1.807, 2.05) is 6.08 Å². The quantitative estimate of drug-likeness (QED) is 0.553. The second-order valence-corrected chi connectivity index (χ2v) is 4.92. The lowest BCUT2D eigenvalue weighted by Gasteiger charge is -2.29. The summed E-state index contributed by atoms with van der Waals surface area (Å²) in [5.74, 6) is 0.697. The summed E-state index contributed by atoms with van der Waals surface area (Å²) < 4.78 is 0. The van der Waals surface area contributed by atoms with Crippen LogP contribution in [-0.4, -0.2) is 33.6 Å². The molecule has 2 aliphatic rings. The second kappa shape index (κ2) is 5.63. The van der Waals surface area contributed by atoms with Crippen LogP contribution in [0.15, 0.2) is 36.5 Å². The van der Waals surface area contributed by atoms with Crippen molar-refractivity contribution < 1.29 is 15.3 Å². The summed E-state index contributed by atoms with van der Waals surface area (Å²) in [6.45, 7) is 0. The molecule has 0 aromatic rings. The van der Waals surface area contributed by atoms with Crippen LogP contribution in [0.4, 0.5) is 0 Å². The smallest absolute Gasteiger partial charge is 0.0981 e. The van der Waals surface area contributed by atoms with Crippen LogP contribution < -0.4 is 0 Å². The van der Waals surface area contributed by atoms with Crippen LogP contribution in [0.25, 0.3) is 0 Å². The Balaban J connectivity index is 2.18. The van der Waals surface area contributed by atoms with Crippen LogP contribution in [0.5, 0.6) is 0 Å². The second-order valence-electron chi connectivity index (χ2n) is 4.92. The van der Waals surface area contributed by atoms with E-state index in [1.165, 1.54) is 12.2 Å². The van der Waals surface area contributed by atoms with E-state index in [0.717, 1.165) is 12.8 Å². The Labute approximate surface area is 102 Å². The van der Waals surface area contributed by atoms with Crippen molar-refractivity contribution in [3.63, 3.8) is 0 Å². The summed E-state index contributed by atoms with van der Waals surface area (Å²) in [6, 6.07) is 0. The third-order valence-electron chi connectivity index (χ3n) is 3.62. The Kier molecular flexibility index (Phi) is 4.15. The molecule has 94 valence electrons. The highest BCUT2D eigenvalue weighted by Gasteiger charge is 2.26. The number of fused-ring (bicyclic) bond motifs is 1. The molecule has 0 aromatic heterocycles. The monoisotopic (exact) mass is 236 g/mol. The van der Waals surface area contributed by atoms with Crippen LogP contribution in [0, 0.1) is 11.8 Å². The lowest BCUT2D eigenvalue weighted by atomic mass is 9.78. The van der Waals surface area contributed by atoms with Crippen LogP contribution in [0.3, 0.4) is 0 Å². The molecule has 17 heavy (non-hydrogen) atoms. The first kappa shape index (κ1) is 12.6. The number of allylic oxidation sites excluding steroid dienone is 3. The normalized spacial score (nSPS) is 45.9. The lowest BCUT2D eigenvalue weighted by Crippen LogP contribution is -2.30. The van der Waals surface area contributed by atoms with Gasteiger partial charge in [0.2, 0.25) is 0 Å². The molecule has 0 aliphatic heterocycles. The average Bonchev–Trinajstić information content (AvgIpc) is 2.34. The molecule has 0 spiro atoms. The molecule has 2 rings (SSSR count). The number of hydrogen-bond acceptors (Lipinski definition) is 3. The van der Waals surface area contributed by atoms with Gasteiger partial charge in [-0.2, -0.15) is 0 Å². The van der Waals surface area contributed by atoms with Crippen molar-refractivity contribution in [2.24, 2.45) is 11.8 Å². The van der Waals surface area contributed by atoms with Gasteiger partial charge in [-0.15, -0.1) is 0 Å². The summed E-state index contributed by atoms with van der Waals surface area (Å²) in [5.41, 5.74) is 0. The molecule has 3 N–H and O–H groups in total. The molecule has 2 aliphatic carbocycles. The fourth-order valence-corrected chi connectivity index (χ4v) is 2.52. The molecule has 0 amide bonds. The zero-order valence-electron chi connectivity index (χ0n) is 9.81. The maximum atomic E-state index is 9.89. The molecule has 0 bridgehead atoms. The number of aliphatic hydroxyl groups is 3. The van der Waals surface area contributed by atoms with Crippen molar-refractivity contribution >= 4 is 0 Å². The van der Waals surface area contributed by atoms with Gasteiger partial charge in [0.25, 0.3) is 0 Å². The van der Waals surface area contributed by atoms with E-state index < -0.39 is 18.3 Å². The third-order valence-corrected chi connectivity index (χ3v) is 3.62. The van der Waals surface area contributed by atoms with E-state index in [0.29, 0.717) is 18.3 Å². The largest absolute Gasteiger partial charge is 0.390 e. The fourth-order valence-electron chi connectivity index (χ4n) is 2.52. The molecule has 0 saturated carbocycles. The highest BCUT2D eigenvalue weighted by molar-refractivity contribution is 5.10. The average molecular weight is 236 g/mol. The Morgan fingerprint density at radius 2 is 1.53 bits per heavy atom. The summed E-state index contributed by atoms with van der Waals surface area (Å²) in [5, 5.41) is 29.3. The molecule has 0 radical (unpaired) electrons. The summed E-state index contributed by atoms with van der Waals surface area (Å²) in [7, 11) is 0. The van der Waals surface area contributed by atoms with E-state index >= 15 is 0 Å². The van der Waals surface area contributed by atoms with Gasteiger partial charge < -0.3 is 15.3 Å². The number of hydrogen-bond donors (Lipinski definition) is 3. The van der Waals surface area contributed by atoms with Gasteiger partial charge in [0.05, 0.1) is 18.3 Å². The standard InChI is InChI=1S/C14H20O3/c15-12-6-5-10-3-1-2-4-11(10)9-14(17)13(16)8-7-12/h1-2,5-8,10-17H,3-4,9H2/b6-5-,8-7-. The predicted octanol–water partition coefficient (Wildman–Crippen LogP) is 1.17. The summed E-state index contributed by atoms with van der Waals surface area (Å²) >= 11 is 0. The molecule has 5 atom stereocenters. The highest BCUT2D eigenvalue weighted by Crippen LogP contribution is 2.31. The van der Waals surface area contributed by atoms with Gasteiger partial charge in [0.1, 0.15) is 0 Å². The minimum Gasteiger partial charge on any atom is -0.390 e. The molecular formula is C14H20O3. The third kappa shape index (κ3) is 3.28. The topological polar surface area (TPSA) is 60.7 Å². The Morgan fingerprint density at radius 3 is 2.35 bits per heavy atom. The maximum Gasteiger partial charge on any atom is 0.0981 e. The van der Waals surface area contributed by atoms with Gasteiger partial charge in [-0.3, -0.25) is 0 Å². The molecule has 3 heteroatoms. The van der Waals surface area contributed by atoms with E-state index in [4.69, 9.17) is 0 Å². The van der Waals surface area contributed by atoms with Crippen molar-refractivity contribution in [3.05, 3.63) is 36.5 Å². The van der Waals surface area contributed by atoms with Crippen LogP contribution >= 0.6 is 0 Å². The maximum absolute atomic E-state index is 9.89. The highest BCUT2D eigenvalue weighted by atomic mass is 16.3. The molecule has 0 saturated heterocycles. The van der Waals surface area contributed by atoms with Crippen LogP contribution in [0.2, 0.25) is 0 Å². The number of rotatable bonds is 0. The Bertz CT molecular complexity index is 332.